The molecule has 0 saturated heterocycles. The molecule has 0 radical (unpaired) electrons. The van der Waals surface area contributed by atoms with E-state index in [0.717, 1.165) is 16.1 Å². The molecule has 0 aliphatic carbocycles. The van der Waals surface area contributed by atoms with E-state index in [4.69, 9.17) is 11.6 Å². The number of imidazole rings is 1. The van der Waals surface area contributed by atoms with Crippen LogP contribution in [0.5, 0.6) is 0 Å². The number of carbonyl (C=O) groups is 1. The zero-order valence-corrected chi connectivity index (χ0v) is 14.5. The summed E-state index contributed by atoms with van der Waals surface area (Å²) in [6.07, 6.45) is 5.14. The van der Waals surface area contributed by atoms with Crippen LogP contribution in [0.2, 0.25) is 5.02 Å². The maximum Gasteiger partial charge on any atom is 0.257 e. The number of aromatic nitrogens is 3. The molecule has 0 saturated carbocycles. The normalized spacial score (nSPS) is 10.6. The number of nitrogens with zero attached hydrogens (tertiary/aromatic N) is 3. The molecule has 2 heterocycles. The number of rotatable bonds is 3. The third kappa shape index (κ3) is 3.43. The maximum absolute atomic E-state index is 12.3. The molecule has 0 atom stereocenters. The highest BCUT2D eigenvalue weighted by molar-refractivity contribution is 9.10. The highest BCUT2D eigenvalue weighted by Gasteiger charge is 2.11. The predicted molar refractivity (Wildman–Crippen MR) is 93.2 cm³/mol. The van der Waals surface area contributed by atoms with Crippen LogP contribution in [0.1, 0.15) is 16.2 Å². The fourth-order valence-corrected chi connectivity index (χ4v) is 2.66. The summed E-state index contributed by atoms with van der Waals surface area (Å²) < 4.78 is 2.65. The maximum atomic E-state index is 12.3. The van der Waals surface area contributed by atoms with E-state index < -0.39 is 0 Å². The molecule has 1 aromatic carbocycles. The van der Waals surface area contributed by atoms with Crippen molar-refractivity contribution in [2.45, 2.75) is 6.92 Å². The zero-order valence-electron chi connectivity index (χ0n) is 12.1. The first-order chi connectivity index (χ1) is 11.0. The van der Waals surface area contributed by atoms with Crippen LogP contribution in [0.15, 0.2) is 53.4 Å². The molecule has 1 amide bonds. The van der Waals surface area contributed by atoms with Gasteiger partial charge < -0.3 is 5.32 Å². The Morgan fingerprint density at radius 1 is 1.26 bits per heavy atom. The van der Waals surface area contributed by atoms with Gasteiger partial charge in [0.25, 0.3) is 5.91 Å². The summed E-state index contributed by atoms with van der Waals surface area (Å²) in [5.41, 5.74) is 0.989. The second-order valence-electron chi connectivity index (χ2n) is 4.83. The standard InChI is InChI=1S/C16H12BrClN4O/c1-10-19-6-7-22(10)15-5-3-12(9-20-15)21-16(23)13-8-11(17)2-4-14(13)18/h2-9H,1H3,(H,21,23). The quantitative estimate of drug-likeness (QED) is 0.726. The van der Waals surface area contributed by atoms with Gasteiger partial charge in [-0.05, 0) is 37.3 Å². The van der Waals surface area contributed by atoms with E-state index in [0.29, 0.717) is 16.3 Å². The van der Waals surface area contributed by atoms with Crippen LogP contribution in [0.25, 0.3) is 5.82 Å². The molecule has 3 rings (SSSR count). The van der Waals surface area contributed by atoms with Gasteiger partial charge in [0.05, 0.1) is 22.5 Å². The minimum atomic E-state index is -0.287. The van der Waals surface area contributed by atoms with Gasteiger partial charge in [-0.2, -0.15) is 0 Å². The number of carbonyl (C=O) groups excluding carboxylic acids is 1. The zero-order chi connectivity index (χ0) is 16.4. The van der Waals surface area contributed by atoms with Gasteiger partial charge in [-0.3, -0.25) is 9.36 Å². The van der Waals surface area contributed by atoms with Crippen molar-refractivity contribution < 1.29 is 4.79 Å². The number of anilines is 1. The van der Waals surface area contributed by atoms with Gasteiger partial charge >= 0.3 is 0 Å². The number of aryl methyl sites for hydroxylation is 1. The molecule has 0 bridgehead atoms. The van der Waals surface area contributed by atoms with E-state index >= 15 is 0 Å². The average Bonchev–Trinajstić information content (AvgIpc) is 2.96. The Bertz CT molecular complexity index is 861. The van der Waals surface area contributed by atoms with Crippen molar-refractivity contribution in [3.63, 3.8) is 0 Å². The third-order valence-corrected chi connectivity index (χ3v) is 4.07. The summed E-state index contributed by atoms with van der Waals surface area (Å²) in [6, 6.07) is 8.72. The second kappa shape index (κ2) is 6.52. The van der Waals surface area contributed by atoms with E-state index in [-0.39, 0.29) is 5.91 Å². The topological polar surface area (TPSA) is 59.8 Å². The van der Waals surface area contributed by atoms with Gasteiger partial charge in [0, 0.05) is 16.9 Å². The number of nitrogens with one attached hydrogen (secondary N) is 1. The monoisotopic (exact) mass is 390 g/mol. The lowest BCUT2D eigenvalue weighted by Gasteiger charge is -2.08. The Kier molecular flexibility index (Phi) is 4.45. The molecule has 3 aromatic rings. The Morgan fingerprint density at radius 3 is 2.74 bits per heavy atom. The van der Waals surface area contributed by atoms with Gasteiger partial charge in [-0.25, -0.2) is 9.97 Å². The SMILES string of the molecule is Cc1nccn1-c1ccc(NC(=O)c2cc(Br)ccc2Cl)cn1. The lowest BCUT2D eigenvalue weighted by molar-refractivity contribution is 0.102. The van der Waals surface area contributed by atoms with Crippen LogP contribution in [0.4, 0.5) is 5.69 Å². The number of amides is 1. The summed E-state index contributed by atoms with van der Waals surface area (Å²) >= 11 is 9.39. The number of pyridine rings is 1. The highest BCUT2D eigenvalue weighted by atomic mass is 79.9. The average molecular weight is 392 g/mol. The molecule has 0 aliphatic rings. The van der Waals surface area contributed by atoms with Crippen molar-refractivity contribution in [1.29, 1.82) is 0 Å². The first kappa shape index (κ1) is 15.7. The minimum absolute atomic E-state index is 0.287. The lowest BCUT2D eigenvalue weighted by atomic mass is 10.2. The molecule has 0 unspecified atom stereocenters. The van der Waals surface area contributed by atoms with Crippen LogP contribution < -0.4 is 5.32 Å². The van der Waals surface area contributed by atoms with Crippen LogP contribution in [0.3, 0.4) is 0 Å². The second-order valence-corrected chi connectivity index (χ2v) is 6.15. The van der Waals surface area contributed by atoms with E-state index in [1.54, 1.807) is 36.7 Å². The molecular formula is C16H12BrClN4O. The molecule has 7 heteroatoms. The Balaban J connectivity index is 1.79. The molecular weight excluding hydrogens is 380 g/mol. The lowest BCUT2D eigenvalue weighted by Crippen LogP contribution is -2.13. The molecule has 2 aromatic heterocycles. The van der Waals surface area contributed by atoms with E-state index in [9.17, 15) is 4.79 Å². The van der Waals surface area contributed by atoms with Crippen molar-refractivity contribution >= 4 is 39.1 Å². The number of benzene rings is 1. The largest absolute Gasteiger partial charge is 0.321 e. The van der Waals surface area contributed by atoms with Crippen LogP contribution in [-0.4, -0.2) is 20.4 Å². The van der Waals surface area contributed by atoms with E-state index in [2.05, 4.69) is 31.2 Å². The summed E-state index contributed by atoms with van der Waals surface area (Å²) in [4.78, 5) is 20.8. The molecule has 23 heavy (non-hydrogen) atoms. The fraction of sp³-hybridized carbons (Fsp3) is 0.0625. The van der Waals surface area contributed by atoms with Gasteiger partial charge in [0.15, 0.2) is 0 Å². The smallest absolute Gasteiger partial charge is 0.257 e. The Morgan fingerprint density at radius 2 is 2.09 bits per heavy atom. The predicted octanol–water partition coefficient (Wildman–Crippen LogP) is 4.24. The van der Waals surface area contributed by atoms with Crippen molar-refractivity contribution in [2.75, 3.05) is 5.32 Å². The summed E-state index contributed by atoms with van der Waals surface area (Å²) in [7, 11) is 0. The molecule has 1 N–H and O–H groups in total. The fourth-order valence-electron chi connectivity index (χ4n) is 2.09. The highest BCUT2D eigenvalue weighted by Crippen LogP contribution is 2.22. The van der Waals surface area contributed by atoms with Crippen molar-refractivity contribution in [1.82, 2.24) is 14.5 Å². The van der Waals surface area contributed by atoms with Gasteiger partial charge in [-0.15, -0.1) is 0 Å². The van der Waals surface area contributed by atoms with Gasteiger partial charge in [0.2, 0.25) is 0 Å². The Hall–Kier alpha value is -2.18. The number of hydrogen-bond acceptors (Lipinski definition) is 3. The molecule has 0 aliphatic heterocycles. The third-order valence-electron chi connectivity index (χ3n) is 3.25. The van der Waals surface area contributed by atoms with Crippen LogP contribution >= 0.6 is 27.5 Å². The van der Waals surface area contributed by atoms with Gasteiger partial charge in [0.1, 0.15) is 11.6 Å². The first-order valence-electron chi connectivity index (χ1n) is 6.77. The van der Waals surface area contributed by atoms with Crippen molar-refractivity contribution in [3.05, 3.63) is 69.8 Å². The molecule has 0 fully saturated rings. The molecule has 5 nitrogen and oxygen atoms in total. The minimum Gasteiger partial charge on any atom is -0.321 e. The van der Waals surface area contributed by atoms with E-state index in [1.165, 1.54) is 0 Å². The Labute approximate surface area is 146 Å². The summed E-state index contributed by atoms with van der Waals surface area (Å²) in [5, 5.41) is 3.17. The molecule has 116 valence electrons. The van der Waals surface area contributed by atoms with Crippen LogP contribution in [-0.2, 0) is 0 Å². The molecule has 0 spiro atoms. The van der Waals surface area contributed by atoms with E-state index in [1.807, 2.05) is 23.8 Å². The first-order valence-corrected chi connectivity index (χ1v) is 7.94. The van der Waals surface area contributed by atoms with Crippen molar-refractivity contribution in [2.24, 2.45) is 0 Å². The van der Waals surface area contributed by atoms with Gasteiger partial charge in [-0.1, -0.05) is 27.5 Å². The number of halogens is 2. The summed E-state index contributed by atoms with van der Waals surface area (Å²) in [5.74, 6) is 1.29. The van der Waals surface area contributed by atoms with Crippen molar-refractivity contribution in [3.8, 4) is 5.82 Å². The number of hydrogen-bond donors (Lipinski definition) is 1. The van der Waals surface area contributed by atoms with Crippen LogP contribution in [0, 0.1) is 6.92 Å². The summed E-state index contributed by atoms with van der Waals surface area (Å²) in [6.45, 7) is 1.90.